The number of H-pyrrole nitrogens is 1. The zero-order chi connectivity index (χ0) is 46.2. The van der Waals surface area contributed by atoms with Crippen LogP contribution in [0.5, 0.6) is 5.75 Å². The van der Waals surface area contributed by atoms with Gasteiger partial charge in [-0.1, -0.05) is 58.0 Å². The highest BCUT2D eigenvalue weighted by Crippen LogP contribution is 2.41. The van der Waals surface area contributed by atoms with Crippen LogP contribution in [0, 0.1) is 5.92 Å². The molecule has 65 heavy (non-hydrogen) atoms. The number of benzene rings is 2. The molecule has 1 aliphatic carbocycles. The highest BCUT2D eigenvalue weighted by molar-refractivity contribution is 6.74. The highest BCUT2D eigenvalue weighted by Gasteiger charge is 2.42. The van der Waals surface area contributed by atoms with Crippen LogP contribution in [-0.4, -0.2) is 132 Å². The van der Waals surface area contributed by atoms with Gasteiger partial charge in [-0.2, -0.15) is 5.10 Å². The van der Waals surface area contributed by atoms with Crippen LogP contribution >= 0.6 is 0 Å². The maximum atomic E-state index is 13.4. The van der Waals surface area contributed by atoms with Crippen molar-refractivity contribution in [1.29, 1.82) is 0 Å². The van der Waals surface area contributed by atoms with E-state index in [0.717, 1.165) is 62.8 Å². The van der Waals surface area contributed by atoms with Gasteiger partial charge in [-0.3, -0.25) is 24.0 Å². The highest BCUT2D eigenvalue weighted by atomic mass is 28.4. The van der Waals surface area contributed by atoms with Crippen LogP contribution in [0.3, 0.4) is 0 Å². The first kappa shape index (κ1) is 48.5. The SMILES string of the molecule is CCCN(CCNC[C@H](O[Si](C)(C)C(C)(C)C)c1ccc(O)c2[nH]c(=O)ccc12)C(=O)CCOCCc1cccc(CN2CCC3(CC2)CN(C(=O)c2ccn(CC4CC4)n2)CCO3)c1. The molecule has 2 amide bonds. The van der Waals surface area contributed by atoms with Crippen molar-refractivity contribution in [3.05, 3.63) is 93.5 Å². The molecule has 2 aromatic carbocycles. The molecule has 3 fully saturated rings. The average Bonchev–Trinajstić information content (AvgIpc) is 3.97. The molecule has 4 heterocycles. The monoisotopic (exact) mass is 912 g/mol. The number of aromatic hydroxyl groups is 1. The second kappa shape index (κ2) is 21.5. The number of ether oxygens (including phenoxy) is 2. The number of carbonyl (C=O) groups is 2. The maximum absolute atomic E-state index is 13.4. The molecule has 15 heteroatoms. The molecule has 0 bridgehead atoms. The second-order valence-corrected chi connectivity index (χ2v) is 24.8. The van der Waals surface area contributed by atoms with E-state index < -0.39 is 8.32 Å². The molecule has 0 unspecified atom stereocenters. The first-order valence-corrected chi connectivity index (χ1v) is 26.9. The lowest BCUT2D eigenvalue weighted by molar-refractivity contribution is -0.132. The van der Waals surface area contributed by atoms with Crippen molar-refractivity contribution >= 4 is 31.0 Å². The fourth-order valence-electron chi connectivity index (χ4n) is 8.86. The number of hydrogen-bond donors (Lipinski definition) is 3. The number of fused-ring (bicyclic) bond motifs is 1. The van der Waals surface area contributed by atoms with Crippen molar-refractivity contribution in [3.63, 3.8) is 0 Å². The van der Waals surface area contributed by atoms with Crippen molar-refractivity contribution in [1.82, 2.24) is 34.8 Å². The molecule has 3 N–H and O–H groups in total. The summed E-state index contributed by atoms with van der Waals surface area (Å²) in [6, 6.07) is 17.3. The number of piperidine rings is 1. The van der Waals surface area contributed by atoms with Crippen molar-refractivity contribution in [2.24, 2.45) is 5.92 Å². The zero-order valence-electron chi connectivity index (χ0n) is 39.7. The molecular formula is C50H73N7O7Si. The van der Waals surface area contributed by atoms with Gasteiger partial charge in [0.05, 0.1) is 50.0 Å². The van der Waals surface area contributed by atoms with Gasteiger partial charge in [0.15, 0.2) is 8.32 Å². The summed E-state index contributed by atoms with van der Waals surface area (Å²) in [5, 5.41) is 19.4. The van der Waals surface area contributed by atoms with E-state index in [-0.39, 0.29) is 39.9 Å². The number of likely N-dealkylation sites (tertiary alicyclic amines) is 1. The van der Waals surface area contributed by atoms with E-state index in [2.05, 4.69) is 85.4 Å². The molecule has 2 saturated heterocycles. The minimum Gasteiger partial charge on any atom is -0.506 e. The zero-order valence-corrected chi connectivity index (χ0v) is 40.7. The van der Waals surface area contributed by atoms with E-state index in [1.165, 1.54) is 30.0 Å². The van der Waals surface area contributed by atoms with E-state index in [1.807, 2.05) is 32.8 Å². The number of pyridine rings is 1. The molecule has 3 aliphatic rings. The Kier molecular flexibility index (Phi) is 16.1. The standard InChI is InChI=1S/C50H73N7O7Si/c1-7-23-55(27-22-51-33-44(64-65(5,6)49(2,3)4)40-13-15-43(58)47-41(40)14-16-45(59)52-47)46(60)19-30-62-29-18-37-9-8-10-39(32-37)34-54-25-20-50(21-26-54)36-56(28-31-63-50)48(61)42-17-24-57(53-42)35-38-11-12-38/h8-10,13-17,24,32,38,44,51,58H,7,11-12,18-23,25-31,33-36H2,1-6H3,(H,52,59)/t44-/m0/s1. The molecule has 4 aromatic rings. The second-order valence-electron chi connectivity index (χ2n) is 20.1. The fraction of sp³-hybridized carbons (Fsp3) is 0.600. The molecule has 1 saturated carbocycles. The molecule has 2 aliphatic heterocycles. The molecule has 2 aromatic heterocycles. The number of rotatable bonds is 21. The number of nitrogens with zero attached hydrogens (tertiary/aromatic N) is 5. The summed E-state index contributed by atoms with van der Waals surface area (Å²) in [5.41, 5.74) is 3.75. The maximum Gasteiger partial charge on any atom is 0.274 e. The fourth-order valence-corrected chi connectivity index (χ4v) is 10.1. The number of carbonyl (C=O) groups excluding carboxylic acids is 2. The number of morpholine rings is 1. The van der Waals surface area contributed by atoms with Crippen molar-refractivity contribution in [2.45, 2.75) is 116 Å². The number of aromatic amines is 1. The minimum absolute atomic E-state index is 0.0111. The summed E-state index contributed by atoms with van der Waals surface area (Å²) in [4.78, 5) is 48.0. The Morgan fingerprint density at radius 1 is 1.05 bits per heavy atom. The van der Waals surface area contributed by atoms with E-state index in [0.29, 0.717) is 82.6 Å². The minimum atomic E-state index is -2.22. The number of aromatic nitrogens is 3. The van der Waals surface area contributed by atoms with Gasteiger partial charge in [0.2, 0.25) is 11.5 Å². The topological polar surface area (TPSA) is 154 Å². The Balaban J connectivity index is 0.826. The van der Waals surface area contributed by atoms with Gasteiger partial charge < -0.3 is 39.1 Å². The average molecular weight is 912 g/mol. The van der Waals surface area contributed by atoms with Crippen LogP contribution in [-0.2, 0) is 38.2 Å². The molecule has 14 nitrogen and oxygen atoms in total. The van der Waals surface area contributed by atoms with Gasteiger partial charge in [-0.05, 0) is 97.5 Å². The smallest absolute Gasteiger partial charge is 0.274 e. The Morgan fingerprint density at radius 2 is 1.83 bits per heavy atom. The summed E-state index contributed by atoms with van der Waals surface area (Å²) in [6.45, 7) is 21.8. The van der Waals surface area contributed by atoms with Crippen LogP contribution in [0.4, 0.5) is 0 Å². The van der Waals surface area contributed by atoms with Crippen LogP contribution in [0.15, 0.2) is 65.6 Å². The summed E-state index contributed by atoms with van der Waals surface area (Å²) >= 11 is 0. The Bertz CT molecular complexity index is 2280. The quantitative estimate of drug-likeness (QED) is 0.0595. The summed E-state index contributed by atoms with van der Waals surface area (Å²) in [7, 11) is -2.22. The van der Waals surface area contributed by atoms with E-state index in [1.54, 1.807) is 12.1 Å². The Hall–Kier alpha value is -4.38. The van der Waals surface area contributed by atoms with E-state index in [4.69, 9.17) is 13.9 Å². The van der Waals surface area contributed by atoms with Gasteiger partial charge in [0.1, 0.15) is 11.4 Å². The summed E-state index contributed by atoms with van der Waals surface area (Å²) in [6.07, 6.45) is 7.86. The first-order valence-electron chi connectivity index (χ1n) is 24.0. The normalized spacial score (nSPS) is 17.5. The third kappa shape index (κ3) is 13.0. The van der Waals surface area contributed by atoms with Gasteiger partial charge in [-0.25, -0.2) is 0 Å². The number of phenols is 1. The van der Waals surface area contributed by atoms with Crippen molar-refractivity contribution in [3.8, 4) is 5.75 Å². The summed E-state index contributed by atoms with van der Waals surface area (Å²) < 4.78 is 21.3. The third-order valence-corrected chi connectivity index (χ3v) is 18.4. The molecule has 7 rings (SSSR count). The lowest BCUT2D eigenvalue weighted by atomic mass is 9.89. The molecule has 354 valence electrons. The van der Waals surface area contributed by atoms with Crippen LogP contribution < -0.4 is 10.9 Å². The van der Waals surface area contributed by atoms with Gasteiger partial charge in [-0.15, -0.1) is 0 Å². The molecule has 0 radical (unpaired) electrons. The number of hydrogen-bond acceptors (Lipinski definition) is 10. The van der Waals surface area contributed by atoms with Crippen LogP contribution in [0.1, 0.15) is 99.5 Å². The first-order chi connectivity index (χ1) is 31.1. The lowest BCUT2D eigenvalue weighted by Crippen LogP contribution is -2.58. The predicted octanol–water partition coefficient (Wildman–Crippen LogP) is 6.89. The number of nitrogens with one attached hydrogen (secondary N) is 2. The number of amides is 2. The van der Waals surface area contributed by atoms with Gasteiger partial charge in [0.25, 0.3) is 5.91 Å². The largest absolute Gasteiger partial charge is 0.506 e. The molecule has 1 atom stereocenters. The van der Waals surface area contributed by atoms with Crippen molar-refractivity contribution < 1.29 is 28.6 Å². The lowest BCUT2D eigenvalue weighted by Gasteiger charge is -2.47. The van der Waals surface area contributed by atoms with Crippen LogP contribution in [0.2, 0.25) is 18.1 Å². The molecular weight excluding hydrogens is 839 g/mol. The van der Waals surface area contributed by atoms with E-state index >= 15 is 0 Å². The van der Waals surface area contributed by atoms with E-state index in [9.17, 15) is 19.5 Å². The predicted molar refractivity (Wildman–Crippen MR) is 257 cm³/mol. The third-order valence-electron chi connectivity index (χ3n) is 13.9. The van der Waals surface area contributed by atoms with Gasteiger partial charge in [0, 0.05) is 76.6 Å². The van der Waals surface area contributed by atoms with Crippen molar-refractivity contribution in [2.75, 3.05) is 72.2 Å². The molecule has 1 spiro atoms. The van der Waals surface area contributed by atoms with Crippen LogP contribution in [0.25, 0.3) is 10.9 Å². The Labute approximate surface area is 386 Å². The summed E-state index contributed by atoms with van der Waals surface area (Å²) in [5.74, 6) is 0.824. The number of phenolic OH excluding ortho intramolecular Hbond substituents is 1. The Morgan fingerprint density at radius 3 is 2.58 bits per heavy atom. The van der Waals surface area contributed by atoms with Gasteiger partial charge >= 0.3 is 0 Å².